The Morgan fingerprint density at radius 2 is 2.00 bits per heavy atom. The second-order valence-electron chi connectivity index (χ2n) is 8.17. The highest BCUT2D eigenvalue weighted by Crippen LogP contribution is 2.40. The molecule has 33 heavy (non-hydrogen) atoms. The molecule has 170 valence electrons. The molecule has 0 saturated carbocycles. The Kier molecular flexibility index (Phi) is 5.74. The molecule has 5 rings (SSSR count). The van der Waals surface area contributed by atoms with Crippen LogP contribution >= 0.6 is 22.9 Å². The van der Waals surface area contributed by atoms with Gasteiger partial charge in [0, 0.05) is 6.42 Å². The molecule has 2 atom stereocenters. The summed E-state index contributed by atoms with van der Waals surface area (Å²) in [6.45, 7) is 1.96. The number of hydrogen-bond donors (Lipinski definition) is 3. The lowest BCUT2D eigenvalue weighted by molar-refractivity contribution is -0.895. The molecular weight excluding hydrogens is 462 g/mol. The Morgan fingerprint density at radius 1 is 1.18 bits per heavy atom. The van der Waals surface area contributed by atoms with Gasteiger partial charge >= 0.3 is 5.97 Å². The SMILES string of the molecule is COc1cc([C@@H]2NC(=O)c3c(sc4c3CC[NH+](C)C4)N2)ccc1OC(=O)c1ccccc1Cl. The molecule has 0 fully saturated rings. The molecule has 3 heterocycles. The smallest absolute Gasteiger partial charge is 0.345 e. The van der Waals surface area contributed by atoms with Crippen LogP contribution in [-0.4, -0.2) is 32.6 Å². The molecule has 2 aliphatic rings. The van der Waals surface area contributed by atoms with Crippen molar-refractivity contribution in [2.24, 2.45) is 0 Å². The maximum absolute atomic E-state index is 13.0. The summed E-state index contributed by atoms with van der Waals surface area (Å²) in [5.74, 6) is 0.00712. The third-order valence-corrected chi connectivity index (χ3v) is 7.44. The zero-order chi connectivity index (χ0) is 23.1. The number of benzene rings is 2. The number of methoxy groups -OCH3 is 1. The highest BCUT2D eigenvalue weighted by Gasteiger charge is 2.34. The van der Waals surface area contributed by atoms with Gasteiger partial charge in [0.1, 0.15) is 17.7 Å². The fourth-order valence-electron chi connectivity index (χ4n) is 4.23. The number of esters is 1. The largest absolute Gasteiger partial charge is 0.493 e. The highest BCUT2D eigenvalue weighted by atomic mass is 35.5. The summed E-state index contributed by atoms with van der Waals surface area (Å²) in [6, 6.07) is 11.9. The minimum Gasteiger partial charge on any atom is -0.493 e. The van der Waals surface area contributed by atoms with E-state index < -0.39 is 12.1 Å². The van der Waals surface area contributed by atoms with Gasteiger partial charge in [0.25, 0.3) is 5.91 Å². The number of rotatable bonds is 4. The summed E-state index contributed by atoms with van der Waals surface area (Å²) in [6.07, 6.45) is 0.490. The van der Waals surface area contributed by atoms with Gasteiger partial charge in [-0.25, -0.2) is 4.79 Å². The normalized spacial score (nSPS) is 19.1. The van der Waals surface area contributed by atoms with Gasteiger partial charge in [0.15, 0.2) is 11.5 Å². The van der Waals surface area contributed by atoms with Crippen molar-refractivity contribution in [2.45, 2.75) is 19.1 Å². The number of nitrogens with one attached hydrogen (secondary N) is 3. The number of anilines is 1. The number of carbonyl (C=O) groups is 2. The number of fused-ring (bicyclic) bond motifs is 3. The van der Waals surface area contributed by atoms with E-state index in [-0.39, 0.29) is 17.2 Å². The Labute approximate surface area is 200 Å². The maximum atomic E-state index is 13.0. The lowest BCUT2D eigenvalue weighted by atomic mass is 10.0. The predicted octanol–water partition coefficient (Wildman–Crippen LogP) is 3.05. The fourth-order valence-corrected chi connectivity index (χ4v) is 5.83. The molecule has 0 bridgehead atoms. The minimum atomic E-state index is -0.573. The van der Waals surface area contributed by atoms with E-state index in [0.29, 0.717) is 10.8 Å². The molecule has 0 radical (unpaired) electrons. The average molecular weight is 485 g/mol. The second-order valence-corrected chi connectivity index (χ2v) is 9.68. The zero-order valence-corrected chi connectivity index (χ0v) is 19.7. The third-order valence-electron chi connectivity index (χ3n) is 5.95. The Hall–Kier alpha value is -3.07. The van der Waals surface area contributed by atoms with Gasteiger partial charge in [-0.15, -0.1) is 11.3 Å². The quantitative estimate of drug-likeness (QED) is 0.392. The number of ether oxygens (including phenoxy) is 2. The molecule has 7 nitrogen and oxygen atoms in total. The van der Waals surface area contributed by atoms with Crippen LogP contribution in [0.2, 0.25) is 5.02 Å². The molecule has 3 aromatic rings. The van der Waals surface area contributed by atoms with Crippen molar-refractivity contribution in [1.29, 1.82) is 0 Å². The Morgan fingerprint density at radius 3 is 2.79 bits per heavy atom. The van der Waals surface area contributed by atoms with Crippen molar-refractivity contribution >= 4 is 39.8 Å². The molecule has 2 aliphatic heterocycles. The molecule has 2 aromatic carbocycles. The summed E-state index contributed by atoms with van der Waals surface area (Å²) in [7, 11) is 3.67. The van der Waals surface area contributed by atoms with Crippen LogP contribution in [-0.2, 0) is 13.0 Å². The van der Waals surface area contributed by atoms with Crippen molar-refractivity contribution < 1.29 is 24.0 Å². The van der Waals surface area contributed by atoms with Gasteiger partial charge in [-0.3, -0.25) is 4.79 Å². The first-order valence-electron chi connectivity index (χ1n) is 10.6. The maximum Gasteiger partial charge on any atom is 0.345 e. The van der Waals surface area contributed by atoms with Gasteiger partial charge in [-0.05, 0) is 35.4 Å². The second kappa shape index (κ2) is 8.70. The van der Waals surface area contributed by atoms with E-state index >= 15 is 0 Å². The van der Waals surface area contributed by atoms with Crippen LogP contribution < -0.4 is 25.0 Å². The van der Waals surface area contributed by atoms with Gasteiger partial charge < -0.3 is 25.0 Å². The molecule has 0 spiro atoms. The number of likely N-dealkylation sites (N-methyl/N-ethyl adjacent to an activating group) is 1. The molecular formula is C24H23ClN3O4S+. The Balaban J connectivity index is 1.39. The van der Waals surface area contributed by atoms with E-state index in [1.165, 1.54) is 22.5 Å². The third kappa shape index (κ3) is 4.06. The topological polar surface area (TPSA) is 81.1 Å². The number of thiophene rings is 1. The lowest BCUT2D eigenvalue weighted by Crippen LogP contribution is -3.08. The summed E-state index contributed by atoms with van der Waals surface area (Å²) < 4.78 is 11.0. The summed E-state index contributed by atoms with van der Waals surface area (Å²) in [4.78, 5) is 28.3. The number of hydrogen-bond acceptors (Lipinski definition) is 6. The van der Waals surface area contributed by atoms with Crippen molar-refractivity contribution in [3.05, 3.63) is 74.6 Å². The van der Waals surface area contributed by atoms with Crippen LogP contribution in [0.1, 0.15) is 42.9 Å². The van der Waals surface area contributed by atoms with Crippen LogP contribution in [0.3, 0.4) is 0 Å². The van der Waals surface area contributed by atoms with E-state index in [9.17, 15) is 9.59 Å². The standard InChI is InChI=1S/C24H22ClN3O4S/c1-28-10-9-15-19(12-28)33-23-20(15)22(29)26-21(27-23)13-7-8-17(18(11-13)31-2)32-24(30)14-5-3-4-6-16(14)25/h3-8,11,21,27H,9-10,12H2,1-2H3,(H,26,29)/p+1/t21-/m1/s1. The first kappa shape index (κ1) is 21.8. The number of quaternary nitrogens is 1. The van der Waals surface area contributed by atoms with Gasteiger partial charge in [0.05, 0.1) is 41.7 Å². The van der Waals surface area contributed by atoms with Gasteiger partial charge in [-0.1, -0.05) is 29.8 Å². The minimum absolute atomic E-state index is 0.0704. The summed E-state index contributed by atoms with van der Waals surface area (Å²) >= 11 is 7.76. The van der Waals surface area contributed by atoms with Crippen LogP contribution in [0.25, 0.3) is 0 Å². The molecule has 9 heteroatoms. The van der Waals surface area contributed by atoms with Crippen molar-refractivity contribution in [2.75, 3.05) is 26.0 Å². The molecule has 1 unspecified atom stereocenters. The van der Waals surface area contributed by atoms with Crippen LogP contribution in [0.5, 0.6) is 11.5 Å². The zero-order valence-electron chi connectivity index (χ0n) is 18.2. The van der Waals surface area contributed by atoms with Crippen molar-refractivity contribution in [3.8, 4) is 11.5 Å². The highest BCUT2D eigenvalue weighted by molar-refractivity contribution is 7.16. The molecule has 3 N–H and O–H groups in total. The average Bonchev–Trinajstić information content (AvgIpc) is 3.17. The van der Waals surface area contributed by atoms with Crippen LogP contribution in [0.4, 0.5) is 5.00 Å². The van der Waals surface area contributed by atoms with E-state index in [1.807, 2.05) is 0 Å². The number of halogens is 1. The number of carbonyl (C=O) groups excluding carboxylic acids is 2. The van der Waals surface area contributed by atoms with Gasteiger partial charge in [-0.2, -0.15) is 0 Å². The Bertz CT molecular complexity index is 1260. The molecule has 1 aromatic heterocycles. The summed E-state index contributed by atoms with van der Waals surface area (Å²) in [5.41, 5.74) is 3.00. The predicted molar refractivity (Wildman–Crippen MR) is 127 cm³/mol. The first-order chi connectivity index (χ1) is 15.9. The fraction of sp³-hybridized carbons (Fsp3) is 0.250. The molecule has 0 aliphatic carbocycles. The van der Waals surface area contributed by atoms with Crippen LogP contribution in [0, 0.1) is 0 Å². The summed E-state index contributed by atoms with van der Waals surface area (Å²) in [5, 5.41) is 7.72. The molecule has 1 amide bonds. The van der Waals surface area contributed by atoms with E-state index in [4.69, 9.17) is 21.1 Å². The van der Waals surface area contributed by atoms with Crippen molar-refractivity contribution in [3.63, 3.8) is 0 Å². The van der Waals surface area contributed by atoms with Crippen molar-refractivity contribution in [1.82, 2.24) is 5.32 Å². The number of amides is 1. The van der Waals surface area contributed by atoms with E-state index in [2.05, 4.69) is 17.7 Å². The lowest BCUT2D eigenvalue weighted by Gasteiger charge is -2.27. The van der Waals surface area contributed by atoms with Crippen LogP contribution in [0.15, 0.2) is 42.5 Å². The van der Waals surface area contributed by atoms with E-state index in [0.717, 1.165) is 35.6 Å². The van der Waals surface area contributed by atoms with E-state index in [1.54, 1.807) is 53.8 Å². The van der Waals surface area contributed by atoms with Gasteiger partial charge in [0.2, 0.25) is 0 Å². The molecule has 0 saturated heterocycles. The first-order valence-corrected chi connectivity index (χ1v) is 11.8. The monoisotopic (exact) mass is 484 g/mol.